The van der Waals surface area contributed by atoms with Crippen LogP contribution in [-0.2, 0) is 4.74 Å². The van der Waals surface area contributed by atoms with Crippen molar-refractivity contribution in [3.05, 3.63) is 29.0 Å². The van der Waals surface area contributed by atoms with Gasteiger partial charge < -0.3 is 4.74 Å². The first-order valence-corrected chi connectivity index (χ1v) is 5.27. The molecular formula is C11H11ClN2O2. The third-order valence-electron chi connectivity index (χ3n) is 1.91. The number of hydrogen-bond donors (Lipinski definition) is 0. The summed E-state index contributed by atoms with van der Waals surface area (Å²) in [7, 11) is 0. The van der Waals surface area contributed by atoms with Gasteiger partial charge in [-0.1, -0.05) is 11.6 Å². The second-order valence-electron chi connectivity index (χ2n) is 3.11. The fourth-order valence-electron chi connectivity index (χ4n) is 1.09. The fourth-order valence-corrected chi connectivity index (χ4v) is 1.29. The van der Waals surface area contributed by atoms with Gasteiger partial charge in [0.05, 0.1) is 23.3 Å². The lowest BCUT2D eigenvalue weighted by atomic mass is 10.2. The van der Waals surface area contributed by atoms with Gasteiger partial charge in [0.15, 0.2) is 0 Å². The number of pyridine rings is 1. The van der Waals surface area contributed by atoms with Gasteiger partial charge in [-0.05, 0) is 18.9 Å². The van der Waals surface area contributed by atoms with Gasteiger partial charge in [0.1, 0.15) is 0 Å². The number of esters is 1. The lowest BCUT2D eigenvalue weighted by Gasteiger charge is -2.04. The highest BCUT2D eigenvalue weighted by Gasteiger charge is 2.10. The van der Waals surface area contributed by atoms with E-state index < -0.39 is 5.97 Å². The largest absolute Gasteiger partial charge is 0.462 e. The van der Waals surface area contributed by atoms with Crippen LogP contribution in [0.15, 0.2) is 18.5 Å². The Morgan fingerprint density at radius 3 is 3.06 bits per heavy atom. The van der Waals surface area contributed by atoms with Crippen molar-refractivity contribution in [1.29, 1.82) is 5.26 Å². The van der Waals surface area contributed by atoms with Crippen LogP contribution in [0.25, 0.3) is 0 Å². The average molecular weight is 239 g/mol. The molecule has 84 valence electrons. The van der Waals surface area contributed by atoms with Crippen molar-refractivity contribution >= 4 is 17.6 Å². The monoisotopic (exact) mass is 238 g/mol. The molecule has 0 aliphatic carbocycles. The zero-order chi connectivity index (χ0) is 11.8. The van der Waals surface area contributed by atoms with E-state index in [-0.39, 0.29) is 5.02 Å². The highest BCUT2D eigenvalue weighted by Crippen LogP contribution is 2.14. The maximum atomic E-state index is 11.5. The van der Waals surface area contributed by atoms with Gasteiger partial charge in [-0.3, -0.25) is 4.98 Å². The Hall–Kier alpha value is -1.60. The summed E-state index contributed by atoms with van der Waals surface area (Å²) in [6.45, 7) is 0.305. The topological polar surface area (TPSA) is 63.0 Å². The number of unbranched alkanes of at least 4 members (excludes halogenated alkanes) is 2. The molecule has 1 rings (SSSR count). The quantitative estimate of drug-likeness (QED) is 0.584. The highest BCUT2D eigenvalue weighted by atomic mass is 35.5. The summed E-state index contributed by atoms with van der Waals surface area (Å²) in [6.07, 6.45) is 4.77. The molecule has 0 aromatic carbocycles. The molecule has 0 spiro atoms. The summed E-state index contributed by atoms with van der Waals surface area (Å²) in [5, 5.41) is 8.59. The zero-order valence-electron chi connectivity index (χ0n) is 8.65. The smallest absolute Gasteiger partial charge is 0.339 e. The lowest BCUT2D eigenvalue weighted by Crippen LogP contribution is -2.07. The van der Waals surface area contributed by atoms with E-state index in [2.05, 4.69) is 4.98 Å². The van der Waals surface area contributed by atoms with Crippen molar-refractivity contribution in [2.45, 2.75) is 19.3 Å². The molecule has 1 heterocycles. The second-order valence-corrected chi connectivity index (χ2v) is 3.51. The number of halogens is 1. The maximum Gasteiger partial charge on any atom is 0.339 e. The number of nitriles is 1. The molecule has 0 saturated carbocycles. The Bertz CT molecular complexity index is 401. The molecule has 16 heavy (non-hydrogen) atoms. The highest BCUT2D eigenvalue weighted by molar-refractivity contribution is 6.33. The first-order chi connectivity index (χ1) is 7.75. The van der Waals surface area contributed by atoms with Crippen molar-refractivity contribution in [3.63, 3.8) is 0 Å². The van der Waals surface area contributed by atoms with Crippen molar-refractivity contribution < 1.29 is 9.53 Å². The minimum absolute atomic E-state index is 0.282. The van der Waals surface area contributed by atoms with Crippen LogP contribution in [-0.4, -0.2) is 17.6 Å². The van der Waals surface area contributed by atoms with Crippen LogP contribution in [0.4, 0.5) is 0 Å². The molecule has 0 N–H and O–H groups in total. The van der Waals surface area contributed by atoms with Gasteiger partial charge >= 0.3 is 5.97 Å². The minimum Gasteiger partial charge on any atom is -0.462 e. The molecule has 0 fully saturated rings. The van der Waals surface area contributed by atoms with E-state index in [9.17, 15) is 4.79 Å². The van der Waals surface area contributed by atoms with Crippen LogP contribution < -0.4 is 0 Å². The lowest BCUT2D eigenvalue weighted by molar-refractivity contribution is 0.0499. The van der Waals surface area contributed by atoms with Gasteiger partial charge in [0.25, 0.3) is 0 Å². The second kappa shape index (κ2) is 6.81. The minimum atomic E-state index is -0.454. The molecule has 1 aromatic rings. The van der Waals surface area contributed by atoms with Gasteiger partial charge in [0, 0.05) is 18.8 Å². The normalized spacial score (nSPS) is 9.50. The molecule has 0 radical (unpaired) electrons. The van der Waals surface area contributed by atoms with Crippen LogP contribution in [0, 0.1) is 11.3 Å². The molecule has 4 nitrogen and oxygen atoms in total. The third kappa shape index (κ3) is 3.87. The maximum absolute atomic E-state index is 11.5. The van der Waals surface area contributed by atoms with E-state index in [0.29, 0.717) is 25.0 Å². The van der Waals surface area contributed by atoms with Crippen LogP contribution in [0.2, 0.25) is 5.02 Å². The van der Waals surface area contributed by atoms with E-state index >= 15 is 0 Å². The fraction of sp³-hybridized carbons (Fsp3) is 0.364. The summed E-state index contributed by atoms with van der Waals surface area (Å²) in [5.74, 6) is -0.454. The van der Waals surface area contributed by atoms with Crippen molar-refractivity contribution in [2.75, 3.05) is 6.61 Å². The SMILES string of the molecule is N#CCCCCOC(=O)c1ccncc1Cl. The standard InChI is InChI=1S/C11H11ClN2O2/c12-10-8-14-6-4-9(10)11(15)16-7-3-1-2-5-13/h4,6,8H,1-3,7H2. The molecule has 0 aliphatic rings. The van der Waals surface area contributed by atoms with Crippen molar-refractivity contribution in [3.8, 4) is 6.07 Å². The third-order valence-corrected chi connectivity index (χ3v) is 2.21. The number of carbonyl (C=O) groups is 1. The first-order valence-electron chi connectivity index (χ1n) is 4.89. The number of nitrogens with zero attached hydrogens (tertiary/aromatic N) is 2. The average Bonchev–Trinajstić information content (AvgIpc) is 2.29. The van der Waals surface area contributed by atoms with Gasteiger partial charge in [-0.2, -0.15) is 5.26 Å². The van der Waals surface area contributed by atoms with E-state index in [1.807, 2.05) is 6.07 Å². The number of aromatic nitrogens is 1. The summed E-state index contributed by atoms with van der Waals surface area (Å²) in [5.41, 5.74) is 0.317. The molecule has 0 amide bonds. The Kier molecular flexibility index (Phi) is 5.30. The predicted molar refractivity (Wildman–Crippen MR) is 59.0 cm³/mol. The molecule has 0 aliphatic heterocycles. The van der Waals surface area contributed by atoms with Gasteiger partial charge in [-0.25, -0.2) is 4.79 Å². The van der Waals surface area contributed by atoms with Crippen LogP contribution >= 0.6 is 11.6 Å². The Morgan fingerprint density at radius 2 is 2.38 bits per heavy atom. The van der Waals surface area contributed by atoms with E-state index in [4.69, 9.17) is 21.6 Å². The zero-order valence-corrected chi connectivity index (χ0v) is 9.41. The predicted octanol–water partition coefficient (Wildman–Crippen LogP) is 2.59. The molecule has 1 aromatic heterocycles. The number of ether oxygens (including phenoxy) is 1. The summed E-state index contributed by atoms with van der Waals surface area (Å²) >= 11 is 5.78. The summed E-state index contributed by atoms with van der Waals surface area (Å²) < 4.78 is 4.99. The Balaban J connectivity index is 2.36. The summed E-state index contributed by atoms with van der Waals surface area (Å²) in [4.78, 5) is 15.3. The van der Waals surface area contributed by atoms with Crippen molar-refractivity contribution in [2.24, 2.45) is 0 Å². The summed E-state index contributed by atoms with van der Waals surface area (Å²) in [6, 6.07) is 3.54. The molecule has 0 unspecified atom stereocenters. The van der Waals surface area contributed by atoms with E-state index in [0.717, 1.165) is 6.42 Å². The van der Waals surface area contributed by atoms with E-state index in [1.165, 1.54) is 18.5 Å². The van der Waals surface area contributed by atoms with Crippen LogP contribution in [0.5, 0.6) is 0 Å². The number of hydrogen-bond acceptors (Lipinski definition) is 4. The first kappa shape index (κ1) is 12.5. The van der Waals surface area contributed by atoms with Crippen LogP contribution in [0.1, 0.15) is 29.6 Å². The van der Waals surface area contributed by atoms with Gasteiger partial charge in [0.2, 0.25) is 0 Å². The molecule has 5 heteroatoms. The Morgan fingerprint density at radius 1 is 1.56 bits per heavy atom. The molecular weight excluding hydrogens is 228 g/mol. The molecule has 0 atom stereocenters. The van der Waals surface area contributed by atoms with Crippen LogP contribution in [0.3, 0.4) is 0 Å². The van der Waals surface area contributed by atoms with Crippen molar-refractivity contribution in [1.82, 2.24) is 4.98 Å². The van der Waals surface area contributed by atoms with Gasteiger partial charge in [-0.15, -0.1) is 0 Å². The number of rotatable bonds is 5. The van der Waals surface area contributed by atoms with E-state index in [1.54, 1.807) is 0 Å². The Labute approximate surface area is 98.8 Å². The number of carbonyl (C=O) groups excluding carboxylic acids is 1. The molecule has 0 saturated heterocycles. The molecule has 0 bridgehead atoms.